The van der Waals surface area contributed by atoms with E-state index in [2.05, 4.69) is 39.8 Å². The summed E-state index contributed by atoms with van der Waals surface area (Å²) in [5.41, 5.74) is 1.37. The van der Waals surface area contributed by atoms with E-state index >= 15 is 0 Å². The molecule has 74 valence electrons. The summed E-state index contributed by atoms with van der Waals surface area (Å²) in [6.45, 7) is 9.64. The van der Waals surface area contributed by atoms with Crippen molar-refractivity contribution >= 4 is 0 Å². The molecule has 0 spiro atoms. The molecular weight excluding hydrogens is 160 g/mol. The highest BCUT2D eigenvalue weighted by atomic mass is 16.5. The molecule has 0 atom stereocenters. The quantitative estimate of drug-likeness (QED) is 0.645. The first kappa shape index (κ1) is 10.4. The zero-order valence-corrected chi connectivity index (χ0v) is 9.13. The monoisotopic (exact) mass is 180 g/mol. The Bertz CT molecular complexity index is 221. The van der Waals surface area contributed by atoms with Crippen molar-refractivity contribution < 1.29 is 4.74 Å². The van der Waals surface area contributed by atoms with E-state index in [1.807, 2.05) is 0 Å². The molecule has 0 saturated carbocycles. The van der Waals surface area contributed by atoms with Gasteiger partial charge >= 0.3 is 0 Å². The SMILES string of the molecule is CC(C)CC1=C(C(C)C)C=CCO1. The van der Waals surface area contributed by atoms with E-state index in [-0.39, 0.29) is 0 Å². The van der Waals surface area contributed by atoms with Gasteiger partial charge in [0.05, 0.1) is 0 Å². The van der Waals surface area contributed by atoms with Gasteiger partial charge in [-0.15, -0.1) is 0 Å². The summed E-state index contributed by atoms with van der Waals surface area (Å²) in [7, 11) is 0. The third-order valence-corrected chi connectivity index (χ3v) is 2.19. The maximum Gasteiger partial charge on any atom is 0.106 e. The van der Waals surface area contributed by atoms with Crippen molar-refractivity contribution in [2.45, 2.75) is 34.1 Å². The molecule has 1 heterocycles. The van der Waals surface area contributed by atoms with Crippen LogP contribution in [0.25, 0.3) is 0 Å². The minimum atomic E-state index is 0.574. The van der Waals surface area contributed by atoms with E-state index in [4.69, 9.17) is 4.74 Å². The third-order valence-electron chi connectivity index (χ3n) is 2.19. The highest BCUT2D eigenvalue weighted by Crippen LogP contribution is 2.25. The summed E-state index contributed by atoms with van der Waals surface area (Å²) in [5, 5.41) is 0. The largest absolute Gasteiger partial charge is 0.494 e. The normalized spacial score (nSPS) is 17.1. The number of ether oxygens (including phenoxy) is 1. The fourth-order valence-corrected chi connectivity index (χ4v) is 1.56. The second-order valence-corrected chi connectivity index (χ2v) is 4.34. The summed E-state index contributed by atoms with van der Waals surface area (Å²) in [5.74, 6) is 2.45. The topological polar surface area (TPSA) is 9.23 Å². The first-order valence-electron chi connectivity index (χ1n) is 5.13. The molecule has 0 N–H and O–H groups in total. The van der Waals surface area contributed by atoms with Crippen LogP contribution in [0.1, 0.15) is 34.1 Å². The number of rotatable bonds is 3. The summed E-state index contributed by atoms with van der Waals surface area (Å²) < 4.78 is 5.66. The molecule has 0 saturated heterocycles. The van der Waals surface area contributed by atoms with E-state index in [0.717, 1.165) is 13.0 Å². The van der Waals surface area contributed by atoms with Gasteiger partial charge in [0.2, 0.25) is 0 Å². The molecule has 1 nitrogen and oxygen atoms in total. The lowest BCUT2D eigenvalue weighted by atomic mass is 9.96. The second-order valence-electron chi connectivity index (χ2n) is 4.34. The van der Waals surface area contributed by atoms with Crippen LogP contribution in [-0.2, 0) is 4.74 Å². The zero-order chi connectivity index (χ0) is 9.84. The van der Waals surface area contributed by atoms with Gasteiger partial charge in [-0.3, -0.25) is 0 Å². The van der Waals surface area contributed by atoms with Crippen molar-refractivity contribution in [3.8, 4) is 0 Å². The molecule has 1 rings (SSSR count). The Morgan fingerprint density at radius 2 is 2.00 bits per heavy atom. The first-order chi connectivity index (χ1) is 6.11. The van der Waals surface area contributed by atoms with Crippen molar-refractivity contribution in [1.29, 1.82) is 0 Å². The van der Waals surface area contributed by atoms with Crippen LogP contribution in [0.15, 0.2) is 23.5 Å². The van der Waals surface area contributed by atoms with Gasteiger partial charge in [0.1, 0.15) is 12.4 Å². The van der Waals surface area contributed by atoms with E-state index in [1.165, 1.54) is 11.3 Å². The molecule has 1 aliphatic heterocycles. The fourth-order valence-electron chi connectivity index (χ4n) is 1.56. The molecule has 1 aliphatic rings. The van der Waals surface area contributed by atoms with Crippen LogP contribution in [0.5, 0.6) is 0 Å². The molecule has 0 unspecified atom stereocenters. The van der Waals surface area contributed by atoms with Gasteiger partial charge in [-0.1, -0.05) is 33.8 Å². The van der Waals surface area contributed by atoms with E-state index < -0.39 is 0 Å². The van der Waals surface area contributed by atoms with Crippen molar-refractivity contribution in [2.24, 2.45) is 11.8 Å². The van der Waals surface area contributed by atoms with Gasteiger partial charge < -0.3 is 4.74 Å². The molecule has 0 amide bonds. The Morgan fingerprint density at radius 3 is 2.54 bits per heavy atom. The van der Waals surface area contributed by atoms with Crippen LogP contribution in [0, 0.1) is 11.8 Å². The van der Waals surface area contributed by atoms with Gasteiger partial charge in [0.15, 0.2) is 0 Å². The van der Waals surface area contributed by atoms with Gasteiger partial charge in [0, 0.05) is 6.42 Å². The minimum absolute atomic E-state index is 0.574. The predicted octanol–water partition coefficient (Wildman–Crippen LogP) is 3.53. The molecule has 13 heavy (non-hydrogen) atoms. The Hall–Kier alpha value is -0.720. The van der Waals surface area contributed by atoms with Crippen molar-refractivity contribution in [1.82, 2.24) is 0 Å². The van der Waals surface area contributed by atoms with Crippen LogP contribution >= 0.6 is 0 Å². The standard InChI is InChI=1S/C12H20O/c1-9(2)8-12-11(10(3)4)6-5-7-13-12/h5-6,9-10H,7-8H2,1-4H3. The smallest absolute Gasteiger partial charge is 0.106 e. The molecular formula is C12H20O. The van der Waals surface area contributed by atoms with Crippen LogP contribution < -0.4 is 0 Å². The summed E-state index contributed by atoms with van der Waals surface area (Å²) in [6.07, 6.45) is 5.38. The van der Waals surface area contributed by atoms with Gasteiger partial charge in [-0.25, -0.2) is 0 Å². The second kappa shape index (κ2) is 4.50. The maximum atomic E-state index is 5.66. The Kier molecular flexibility index (Phi) is 3.58. The molecule has 0 aromatic carbocycles. The van der Waals surface area contributed by atoms with Crippen LogP contribution in [-0.4, -0.2) is 6.61 Å². The number of allylic oxidation sites excluding steroid dienone is 3. The lowest BCUT2D eigenvalue weighted by Gasteiger charge is -2.20. The molecule has 0 radical (unpaired) electrons. The van der Waals surface area contributed by atoms with E-state index in [9.17, 15) is 0 Å². The first-order valence-corrected chi connectivity index (χ1v) is 5.13. The average molecular weight is 180 g/mol. The Balaban J connectivity index is 2.78. The maximum absolute atomic E-state index is 5.66. The third kappa shape index (κ3) is 2.91. The fraction of sp³-hybridized carbons (Fsp3) is 0.667. The van der Waals surface area contributed by atoms with Crippen LogP contribution in [0.3, 0.4) is 0 Å². The zero-order valence-electron chi connectivity index (χ0n) is 9.13. The molecule has 0 aliphatic carbocycles. The van der Waals surface area contributed by atoms with Crippen LogP contribution in [0.4, 0.5) is 0 Å². The highest BCUT2D eigenvalue weighted by Gasteiger charge is 2.13. The molecule has 1 heteroatoms. The lowest BCUT2D eigenvalue weighted by molar-refractivity contribution is 0.215. The Labute approximate surface area is 81.5 Å². The molecule has 0 aromatic rings. The number of hydrogen-bond acceptors (Lipinski definition) is 1. The highest BCUT2D eigenvalue weighted by molar-refractivity contribution is 5.27. The average Bonchev–Trinajstić information content (AvgIpc) is 2.03. The van der Waals surface area contributed by atoms with Crippen molar-refractivity contribution in [3.63, 3.8) is 0 Å². The van der Waals surface area contributed by atoms with E-state index in [1.54, 1.807) is 0 Å². The van der Waals surface area contributed by atoms with Crippen molar-refractivity contribution in [3.05, 3.63) is 23.5 Å². The molecule has 0 aromatic heterocycles. The minimum Gasteiger partial charge on any atom is -0.494 e. The summed E-state index contributed by atoms with van der Waals surface area (Å²) in [4.78, 5) is 0. The Morgan fingerprint density at radius 1 is 1.31 bits per heavy atom. The summed E-state index contributed by atoms with van der Waals surface area (Å²) in [6, 6.07) is 0. The molecule has 0 fully saturated rings. The van der Waals surface area contributed by atoms with Gasteiger partial charge in [-0.05, 0) is 23.5 Å². The summed E-state index contributed by atoms with van der Waals surface area (Å²) >= 11 is 0. The number of hydrogen-bond donors (Lipinski definition) is 0. The van der Waals surface area contributed by atoms with Gasteiger partial charge in [-0.2, -0.15) is 0 Å². The van der Waals surface area contributed by atoms with Crippen molar-refractivity contribution in [2.75, 3.05) is 6.61 Å². The lowest BCUT2D eigenvalue weighted by Crippen LogP contribution is -2.08. The van der Waals surface area contributed by atoms with Gasteiger partial charge in [0.25, 0.3) is 0 Å². The van der Waals surface area contributed by atoms with Crippen LogP contribution in [0.2, 0.25) is 0 Å². The predicted molar refractivity (Wildman–Crippen MR) is 56.4 cm³/mol. The molecule has 0 bridgehead atoms. The van der Waals surface area contributed by atoms with E-state index in [0.29, 0.717) is 11.8 Å².